The summed E-state index contributed by atoms with van der Waals surface area (Å²) in [6, 6.07) is 52.6. The summed E-state index contributed by atoms with van der Waals surface area (Å²) in [4.78, 5) is 4.76. The highest BCUT2D eigenvalue weighted by Gasteiger charge is 2.20. The van der Waals surface area contributed by atoms with Gasteiger partial charge in [0.25, 0.3) is 0 Å². The molecule has 0 heterocycles. The molecule has 0 spiro atoms. The Morgan fingerprint density at radius 1 is 0.432 bits per heavy atom. The highest BCUT2D eigenvalue weighted by Crippen LogP contribution is 2.45. The van der Waals surface area contributed by atoms with E-state index in [4.69, 9.17) is 0 Å². The summed E-state index contributed by atoms with van der Waals surface area (Å²) in [6.07, 6.45) is 8.88. The van der Waals surface area contributed by atoms with Crippen LogP contribution in [0.1, 0.15) is 43.2 Å². The maximum absolute atomic E-state index is 2.41. The van der Waals surface area contributed by atoms with Crippen molar-refractivity contribution in [3.05, 3.63) is 162 Å². The lowest BCUT2D eigenvalue weighted by molar-refractivity contribution is 0.602. The molecular weight excluding hydrogens is 532 g/mol. The van der Waals surface area contributed by atoms with Crippen molar-refractivity contribution < 1.29 is 0 Å². The van der Waals surface area contributed by atoms with Gasteiger partial charge in [-0.2, -0.15) is 0 Å². The van der Waals surface area contributed by atoms with Crippen LogP contribution < -0.4 is 9.80 Å². The zero-order valence-electron chi connectivity index (χ0n) is 25.4. The fraction of sp³-hybridized carbons (Fsp3) is 0.143. The number of anilines is 6. The molecule has 2 nitrogen and oxygen atoms in total. The molecule has 0 N–H and O–H groups in total. The van der Waals surface area contributed by atoms with Crippen molar-refractivity contribution >= 4 is 51.0 Å². The van der Waals surface area contributed by atoms with Gasteiger partial charge in [0.1, 0.15) is 0 Å². The normalized spacial score (nSPS) is 13.1. The molecule has 44 heavy (non-hydrogen) atoms. The van der Waals surface area contributed by atoms with Crippen molar-refractivity contribution in [2.75, 3.05) is 9.80 Å². The highest BCUT2D eigenvalue weighted by atomic mass is 15.2. The first-order valence-electron chi connectivity index (χ1n) is 15.8. The molecule has 216 valence electrons. The van der Waals surface area contributed by atoms with E-state index in [1.807, 2.05) is 0 Å². The number of fused-ring (bicyclic) bond motifs is 1. The fourth-order valence-corrected chi connectivity index (χ4v) is 6.47. The van der Waals surface area contributed by atoms with Gasteiger partial charge in [0.15, 0.2) is 0 Å². The van der Waals surface area contributed by atoms with Crippen LogP contribution in [0.4, 0.5) is 34.1 Å². The van der Waals surface area contributed by atoms with E-state index >= 15 is 0 Å². The third-order valence-electron chi connectivity index (χ3n) is 8.70. The quantitative estimate of drug-likeness (QED) is 0.188. The Hall–Kier alpha value is -5.08. The molecule has 1 fully saturated rings. The lowest BCUT2D eigenvalue weighted by Crippen LogP contribution is -2.13. The number of hydrogen-bond donors (Lipinski definition) is 0. The molecule has 2 heteroatoms. The molecule has 0 aliphatic heterocycles. The van der Waals surface area contributed by atoms with Gasteiger partial charge in [0.05, 0.1) is 11.4 Å². The predicted octanol–water partition coefficient (Wildman–Crippen LogP) is 12.4. The average Bonchev–Trinajstić information content (AvgIpc) is 3.09. The number of benzene rings is 6. The van der Waals surface area contributed by atoms with Gasteiger partial charge in [-0.05, 0) is 98.8 Å². The molecule has 0 unspecified atom stereocenters. The first kappa shape index (κ1) is 27.7. The van der Waals surface area contributed by atoms with Gasteiger partial charge in [-0.3, -0.25) is 0 Å². The molecule has 6 aromatic rings. The Bertz CT molecular complexity index is 1860. The van der Waals surface area contributed by atoms with E-state index in [-0.39, 0.29) is 0 Å². The lowest BCUT2D eigenvalue weighted by Gasteiger charge is -2.30. The number of aryl methyl sites for hydroxylation is 1. The summed E-state index contributed by atoms with van der Waals surface area (Å²) in [5, 5.41) is 2.41. The first-order chi connectivity index (χ1) is 21.7. The molecule has 1 saturated carbocycles. The molecule has 0 atom stereocenters. The van der Waals surface area contributed by atoms with Crippen molar-refractivity contribution in [3.8, 4) is 0 Å². The van der Waals surface area contributed by atoms with Crippen molar-refractivity contribution in [1.82, 2.24) is 0 Å². The van der Waals surface area contributed by atoms with Gasteiger partial charge < -0.3 is 9.80 Å². The van der Waals surface area contributed by atoms with Crippen LogP contribution in [0.3, 0.4) is 0 Å². The summed E-state index contributed by atoms with van der Waals surface area (Å²) in [6.45, 7) is 2.14. The maximum Gasteiger partial charge on any atom is 0.0541 e. The van der Waals surface area contributed by atoms with Crippen molar-refractivity contribution in [3.63, 3.8) is 0 Å². The Morgan fingerprint density at radius 3 is 1.36 bits per heavy atom. The van der Waals surface area contributed by atoms with Crippen LogP contribution in [0.2, 0.25) is 0 Å². The smallest absolute Gasteiger partial charge is 0.0541 e. The third kappa shape index (κ3) is 5.76. The summed E-state index contributed by atoms with van der Waals surface area (Å²) in [5.74, 6) is 0. The van der Waals surface area contributed by atoms with Crippen LogP contribution >= 0.6 is 0 Å². The van der Waals surface area contributed by atoms with E-state index in [0.717, 1.165) is 34.1 Å². The Kier molecular flexibility index (Phi) is 7.97. The van der Waals surface area contributed by atoms with Gasteiger partial charge >= 0.3 is 0 Å². The number of rotatable bonds is 7. The predicted molar refractivity (Wildman–Crippen MR) is 189 cm³/mol. The van der Waals surface area contributed by atoms with Gasteiger partial charge in [-0.1, -0.05) is 109 Å². The number of nitrogens with zero attached hydrogens (tertiary/aromatic N) is 2. The van der Waals surface area contributed by atoms with Crippen LogP contribution in [-0.2, 0) is 0 Å². The summed E-state index contributed by atoms with van der Waals surface area (Å²) < 4.78 is 0. The standard InChI is InChI=1S/C42H38N2/c1-32-21-25-37(26-22-32)43(35-15-7-3-8-16-35)41-29-30-42(40-20-12-11-19-39(40)41)44(36-17-9-4-10-18-36)38-27-23-34(24-28-38)31-33-13-5-2-6-14-33/h3-4,7-12,15-31H,2,5-6,13-14H2,1H3. The first-order valence-corrected chi connectivity index (χ1v) is 15.8. The summed E-state index contributed by atoms with van der Waals surface area (Å²) in [5.41, 5.74) is 11.0. The van der Waals surface area contributed by atoms with Gasteiger partial charge in [-0.15, -0.1) is 0 Å². The van der Waals surface area contributed by atoms with E-state index in [0.29, 0.717) is 0 Å². The number of para-hydroxylation sites is 2. The minimum atomic E-state index is 1.14. The second kappa shape index (κ2) is 12.7. The zero-order valence-corrected chi connectivity index (χ0v) is 25.4. The SMILES string of the molecule is Cc1ccc(N(c2ccccc2)c2ccc(N(c3ccccc3)c3ccc(C=C4CCCCC4)cc3)c3ccccc23)cc1. The molecular formula is C42H38N2. The second-order valence-corrected chi connectivity index (χ2v) is 11.8. The van der Waals surface area contributed by atoms with E-state index in [9.17, 15) is 0 Å². The molecule has 7 rings (SSSR count). The topological polar surface area (TPSA) is 6.48 Å². The minimum absolute atomic E-state index is 1.14. The lowest BCUT2D eigenvalue weighted by atomic mass is 9.93. The molecule has 0 saturated heterocycles. The molecule has 0 aromatic heterocycles. The molecule has 1 aliphatic rings. The van der Waals surface area contributed by atoms with Crippen molar-refractivity contribution in [2.45, 2.75) is 39.0 Å². The van der Waals surface area contributed by atoms with Gasteiger partial charge in [0, 0.05) is 33.5 Å². The van der Waals surface area contributed by atoms with Crippen molar-refractivity contribution in [2.24, 2.45) is 0 Å². The van der Waals surface area contributed by atoms with Crippen LogP contribution in [0, 0.1) is 6.92 Å². The zero-order chi connectivity index (χ0) is 29.7. The Balaban J connectivity index is 1.37. The largest absolute Gasteiger partial charge is 0.310 e. The molecule has 0 radical (unpaired) electrons. The number of hydrogen-bond acceptors (Lipinski definition) is 2. The summed E-state index contributed by atoms with van der Waals surface area (Å²) in [7, 11) is 0. The highest BCUT2D eigenvalue weighted by molar-refractivity contribution is 6.07. The van der Waals surface area contributed by atoms with Crippen LogP contribution in [0.5, 0.6) is 0 Å². The van der Waals surface area contributed by atoms with Crippen LogP contribution in [0.15, 0.2) is 151 Å². The molecule has 0 bridgehead atoms. The van der Waals surface area contributed by atoms with Crippen LogP contribution in [-0.4, -0.2) is 0 Å². The third-order valence-corrected chi connectivity index (χ3v) is 8.70. The Morgan fingerprint density at radius 2 is 0.864 bits per heavy atom. The second-order valence-electron chi connectivity index (χ2n) is 11.8. The maximum atomic E-state index is 2.41. The van der Waals surface area contributed by atoms with Crippen molar-refractivity contribution in [1.29, 1.82) is 0 Å². The average molecular weight is 571 g/mol. The van der Waals surface area contributed by atoms with E-state index in [2.05, 4.69) is 168 Å². The van der Waals surface area contributed by atoms with Gasteiger partial charge in [-0.25, -0.2) is 0 Å². The monoisotopic (exact) mass is 570 g/mol. The van der Waals surface area contributed by atoms with Crippen LogP contribution in [0.25, 0.3) is 16.8 Å². The fourth-order valence-electron chi connectivity index (χ4n) is 6.47. The van der Waals surface area contributed by atoms with E-state index < -0.39 is 0 Å². The molecule has 6 aromatic carbocycles. The van der Waals surface area contributed by atoms with Gasteiger partial charge in [0.2, 0.25) is 0 Å². The molecule has 1 aliphatic carbocycles. The van der Waals surface area contributed by atoms with E-state index in [1.54, 1.807) is 5.57 Å². The minimum Gasteiger partial charge on any atom is -0.310 e. The molecule has 0 amide bonds. The summed E-state index contributed by atoms with van der Waals surface area (Å²) >= 11 is 0. The van der Waals surface area contributed by atoms with E-state index in [1.165, 1.54) is 54.0 Å². The number of allylic oxidation sites excluding steroid dienone is 1. The Labute approximate surface area is 261 Å².